The lowest BCUT2D eigenvalue weighted by atomic mass is 9.79. The molecule has 1 N–H and O–H groups in total. The van der Waals surface area contributed by atoms with Crippen molar-refractivity contribution in [1.82, 2.24) is 5.32 Å². The molecule has 2 aliphatic rings. The van der Waals surface area contributed by atoms with Crippen molar-refractivity contribution in [3.05, 3.63) is 34.6 Å². The van der Waals surface area contributed by atoms with E-state index >= 15 is 0 Å². The fourth-order valence-electron chi connectivity index (χ4n) is 3.27. The van der Waals surface area contributed by atoms with Crippen molar-refractivity contribution in [3.8, 4) is 0 Å². The smallest absolute Gasteiger partial charge is 0.127 e. The number of benzene rings is 1. The van der Waals surface area contributed by atoms with Gasteiger partial charge in [0, 0.05) is 23.2 Å². The van der Waals surface area contributed by atoms with Gasteiger partial charge in [-0.3, -0.25) is 0 Å². The maximum Gasteiger partial charge on any atom is 0.127 e. The summed E-state index contributed by atoms with van der Waals surface area (Å²) in [5.74, 6) is -0.148. The summed E-state index contributed by atoms with van der Waals surface area (Å²) in [6, 6.07) is 5.73. The van der Waals surface area contributed by atoms with E-state index in [4.69, 9.17) is 11.6 Å². The predicted octanol–water partition coefficient (Wildman–Crippen LogP) is 4.33. The number of nitrogens with one attached hydrogen (secondary N) is 1. The topological polar surface area (TPSA) is 12.0 Å². The third-order valence-electron chi connectivity index (χ3n) is 4.62. The quantitative estimate of drug-likeness (QED) is 0.847. The molecule has 0 spiro atoms. The van der Waals surface area contributed by atoms with Crippen molar-refractivity contribution in [2.75, 3.05) is 6.54 Å². The second kappa shape index (κ2) is 5.41. The molecule has 19 heavy (non-hydrogen) atoms. The molecule has 1 aromatic carbocycles. The fraction of sp³-hybridized carbons (Fsp3) is 0.625. The van der Waals surface area contributed by atoms with Crippen LogP contribution in [0.15, 0.2) is 18.2 Å². The van der Waals surface area contributed by atoms with Crippen LogP contribution >= 0.6 is 11.6 Å². The van der Waals surface area contributed by atoms with E-state index in [0.29, 0.717) is 16.6 Å². The Morgan fingerprint density at radius 3 is 2.63 bits per heavy atom. The summed E-state index contributed by atoms with van der Waals surface area (Å²) in [5.41, 5.74) is 0.928. The third-order valence-corrected chi connectivity index (χ3v) is 4.97. The molecule has 0 atom stereocenters. The minimum absolute atomic E-state index is 0.148. The summed E-state index contributed by atoms with van der Waals surface area (Å²) in [6.45, 7) is 1.02. The monoisotopic (exact) mass is 281 g/mol. The van der Waals surface area contributed by atoms with E-state index in [1.54, 1.807) is 12.1 Å². The standard InChI is InChI=1S/C16H21ClFN/c17-14-4-3-5-15(18)13(14)10-16(8-1-2-9-16)11-19-12-6-7-12/h3-5,12,19H,1-2,6-11H2. The Kier molecular flexibility index (Phi) is 3.81. The SMILES string of the molecule is Fc1cccc(Cl)c1CC1(CNC2CC2)CCCC1. The Labute approximate surface area is 119 Å². The Morgan fingerprint density at radius 2 is 2.00 bits per heavy atom. The summed E-state index contributed by atoms with van der Waals surface area (Å²) in [4.78, 5) is 0. The largest absolute Gasteiger partial charge is 0.313 e. The van der Waals surface area contributed by atoms with Gasteiger partial charge in [0.15, 0.2) is 0 Å². The summed E-state index contributed by atoms with van der Waals surface area (Å²) < 4.78 is 14.0. The van der Waals surface area contributed by atoms with Crippen LogP contribution in [0.25, 0.3) is 0 Å². The van der Waals surface area contributed by atoms with Crippen LogP contribution < -0.4 is 5.32 Å². The Morgan fingerprint density at radius 1 is 1.26 bits per heavy atom. The second-order valence-corrected chi connectivity index (χ2v) is 6.65. The minimum Gasteiger partial charge on any atom is -0.313 e. The Balaban J connectivity index is 1.76. The zero-order valence-electron chi connectivity index (χ0n) is 11.2. The summed E-state index contributed by atoms with van der Waals surface area (Å²) in [7, 11) is 0. The van der Waals surface area contributed by atoms with E-state index in [-0.39, 0.29) is 11.2 Å². The zero-order chi connectivity index (χ0) is 13.3. The van der Waals surface area contributed by atoms with Crippen LogP contribution in [0.2, 0.25) is 5.02 Å². The van der Waals surface area contributed by atoms with Crippen LogP contribution in [-0.2, 0) is 6.42 Å². The van der Waals surface area contributed by atoms with Crippen LogP contribution in [0.5, 0.6) is 0 Å². The zero-order valence-corrected chi connectivity index (χ0v) is 12.0. The molecule has 0 radical (unpaired) electrons. The van der Waals surface area contributed by atoms with Gasteiger partial charge in [-0.2, -0.15) is 0 Å². The van der Waals surface area contributed by atoms with Gasteiger partial charge in [-0.1, -0.05) is 30.5 Å². The lowest BCUT2D eigenvalue weighted by Crippen LogP contribution is -2.35. The third kappa shape index (κ3) is 3.11. The van der Waals surface area contributed by atoms with Gasteiger partial charge in [0.25, 0.3) is 0 Å². The lowest BCUT2D eigenvalue weighted by Gasteiger charge is -2.30. The average molecular weight is 282 g/mol. The molecule has 0 aromatic heterocycles. The van der Waals surface area contributed by atoms with Crippen molar-refractivity contribution < 1.29 is 4.39 Å². The van der Waals surface area contributed by atoms with Gasteiger partial charge >= 0.3 is 0 Å². The van der Waals surface area contributed by atoms with Gasteiger partial charge in [-0.05, 0) is 49.7 Å². The Hall–Kier alpha value is -0.600. The van der Waals surface area contributed by atoms with Crippen LogP contribution in [0, 0.1) is 11.2 Å². The second-order valence-electron chi connectivity index (χ2n) is 6.24. The van der Waals surface area contributed by atoms with Crippen molar-refractivity contribution in [2.24, 2.45) is 5.41 Å². The molecule has 0 saturated heterocycles. The van der Waals surface area contributed by atoms with Crippen molar-refractivity contribution in [3.63, 3.8) is 0 Å². The van der Waals surface area contributed by atoms with Crippen LogP contribution in [0.3, 0.4) is 0 Å². The molecule has 3 heteroatoms. The van der Waals surface area contributed by atoms with E-state index in [0.717, 1.165) is 13.0 Å². The highest BCUT2D eigenvalue weighted by Crippen LogP contribution is 2.42. The number of hydrogen-bond donors (Lipinski definition) is 1. The number of halogens is 2. The van der Waals surface area contributed by atoms with Gasteiger partial charge in [0.2, 0.25) is 0 Å². The first-order valence-electron chi connectivity index (χ1n) is 7.35. The fourth-order valence-corrected chi connectivity index (χ4v) is 3.50. The molecular weight excluding hydrogens is 261 g/mol. The molecule has 0 unspecified atom stereocenters. The lowest BCUT2D eigenvalue weighted by molar-refractivity contribution is 0.273. The molecule has 0 heterocycles. The highest BCUT2D eigenvalue weighted by Gasteiger charge is 2.36. The van der Waals surface area contributed by atoms with Gasteiger partial charge in [0.05, 0.1) is 0 Å². The molecule has 2 aliphatic carbocycles. The molecular formula is C16H21ClFN. The first kappa shape index (κ1) is 13.4. The molecule has 1 nitrogen and oxygen atoms in total. The molecule has 1 aromatic rings. The molecule has 2 fully saturated rings. The van der Waals surface area contributed by atoms with E-state index in [1.165, 1.54) is 44.6 Å². The van der Waals surface area contributed by atoms with Crippen molar-refractivity contribution >= 4 is 11.6 Å². The van der Waals surface area contributed by atoms with Crippen LogP contribution in [-0.4, -0.2) is 12.6 Å². The number of hydrogen-bond acceptors (Lipinski definition) is 1. The molecule has 0 aliphatic heterocycles. The average Bonchev–Trinajstić information content (AvgIpc) is 3.12. The van der Waals surface area contributed by atoms with E-state index in [2.05, 4.69) is 5.32 Å². The van der Waals surface area contributed by atoms with Crippen LogP contribution in [0.1, 0.15) is 44.1 Å². The highest BCUT2D eigenvalue weighted by atomic mass is 35.5. The normalized spacial score (nSPS) is 21.8. The van der Waals surface area contributed by atoms with E-state index in [9.17, 15) is 4.39 Å². The van der Waals surface area contributed by atoms with Gasteiger partial charge in [0.1, 0.15) is 5.82 Å². The first-order valence-corrected chi connectivity index (χ1v) is 7.73. The maximum absolute atomic E-state index is 14.0. The van der Waals surface area contributed by atoms with Crippen molar-refractivity contribution in [1.29, 1.82) is 0 Å². The minimum atomic E-state index is -0.148. The van der Waals surface area contributed by atoms with Gasteiger partial charge < -0.3 is 5.32 Å². The summed E-state index contributed by atoms with van der Waals surface area (Å²) >= 11 is 6.18. The molecule has 3 rings (SSSR count). The van der Waals surface area contributed by atoms with Crippen LogP contribution in [0.4, 0.5) is 4.39 Å². The van der Waals surface area contributed by atoms with E-state index in [1.807, 2.05) is 0 Å². The van der Waals surface area contributed by atoms with Gasteiger partial charge in [-0.15, -0.1) is 0 Å². The highest BCUT2D eigenvalue weighted by molar-refractivity contribution is 6.31. The molecule has 104 valence electrons. The Bertz CT molecular complexity index is 430. The summed E-state index contributed by atoms with van der Waals surface area (Å²) in [6.07, 6.45) is 8.29. The van der Waals surface area contributed by atoms with Crippen molar-refractivity contribution in [2.45, 2.75) is 51.0 Å². The van der Waals surface area contributed by atoms with E-state index < -0.39 is 0 Å². The molecule has 2 saturated carbocycles. The predicted molar refractivity (Wildman–Crippen MR) is 77.0 cm³/mol. The summed E-state index contributed by atoms with van der Waals surface area (Å²) in [5, 5.41) is 4.21. The molecule has 0 amide bonds. The van der Waals surface area contributed by atoms with Gasteiger partial charge in [-0.25, -0.2) is 4.39 Å². The number of rotatable bonds is 5. The molecule has 0 bridgehead atoms. The first-order chi connectivity index (χ1) is 9.19. The maximum atomic E-state index is 14.0.